The van der Waals surface area contributed by atoms with Crippen LogP contribution in [0.4, 0.5) is 0 Å². The average molecular weight is 318 g/mol. The second-order valence-corrected chi connectivity index (χ2v) is 6.81. The van der Waals surface area contributed by atoms with Crippen LogP contribution in [0.15, 0.2) is 30.3 Å². The number of H-pyrrole nitrogens is 1. The number of hydrogen-bond acceptors (Lipinski definition) is 3. The number of aryl methyl sites for hydroxylation is 1. The van der Waals surface area contributed by atoms with Gasteiger partial charge in [-0.25, -0.2) is 9.97 Å². The van der Waals surface area contributed by atoms with Gasteiger partial charge in [-0.2, -0.15) is 0 Å². The van der Waals surface area contributed by atoms with Crippen LogP contribution in [-0.4, -0.2) is 40.5 Å². The van der Waals surface area contributed by atoms with Gasteiger partial charge in [0.25, 0.3) is 0 Å². The van der Waals surface area contributed by atoms with Crippen molar-refractivity contribution in [2.45, 2.75) is 20.3 Å². The van der Waals surface area contributed by atoms with Gasteiger partial charge in [-0.05, 0) is 63.2 Å². The summed E-state index contributed by atoms with van der Waals surface area (Å²) in [6.45, 7) is 5.36. The highest BCUT2D eigenvalue weighted by Gasteiger charge is 2.14. The molecule has 4 aromatic rings. The Kier molecular flexibility index (Phi) is 3.50. The summed E-state index contributed by atoms with van der Waals surface area (Å²) in [4.78, 5) is 15.5. The van der Waals surface area contributed by atoms with E-state index in [9.17, 15) is 0 Å². The predicted octanol–water partition coefficient (Wildman–Crippen LogP) is 3.99. The maximum Gasteiger partial charge on any atom is 0.157 e. The molecule has 4 nitrogen and oxygen atoms in total. The van der Waals surface area contributed by atoms with Gasteiger partial charge in [0, 0.05) is 17.4 Å². The van der Waals surface area contributed by atoms with Gasteiger partial charge < -0.3 is 9.88 Å². The fourth-order valence-corrected chi connectivity index (χ4v) is 3.34. The molecule has 0 radical (unpaired) electrons. The fraction of sp³-hybridized carbons (Fsp3) is 0.300. The van der Waals surface area contributed by atoms with Crippen molar-refractivity contribution in [1.82, 2.24) is 19.9 Å². The van der Waals surface area contributed by atoms with Gasteiger partial charge >= 0.3 is 0 Å². The summed E-state index contributed by atoms with van der Waals surface area (Å²) >= 11 is 0. The summed E-state index contributed by atoms with van der Waals surface area (Å²) in [6.07, 6.45) is 0.986. The van der Waals surface area contributed by atoms with E-state index in [0.29, 0.717) is 0 Å². The van der Waals surface area contributed by atoms with Crippen LogP contribution in [0, 0.1) is 13.8 Å². The summed E-state index contributed by atoms with van der Waals surface area (Å²) in [6, 6.07) is 10.4. The van der Waals surface area contributed by atoms with Crippen LogP contribution >= 0.6 is 0 Å². The van der Waals surface area contributed by atoms with Gasteiger partial charge in [0.1, 0.15) is 5.52 Å². The molecule has 0 saturated carbocycles. The Morgan fingerprint density at radius 1 is 1.04 bits per heavy atom. The molecular weight excluding hydrogens is 296 g/mol. The molecule has 0 spiro atoms. The van der Waals surface area contributed by atoms with E-state index in [1.54, 1.807) is 0 Å². The molecule has 0 aliphatic heterocycles. The van der Waals surface area contributed by atoms with E-state index in [2.05, 4.69) is 62.1 Å². The standard InChI is InChI=1S/C20H22N4/c1-12-11-17-18(14(13(12)2)9-10-24(3)4)23-19-15-7-5-6-8-16(15)21-20(19)22-17/h5-8,11H,9-10H2,1-4H3,(H,21,22). The largest absolute Gasteiger partial charge is 0.338 e. The molecule has 4 heteroatoms. The monoisotopic (exact) mass is 318 g/mol. The summed E-state index contributed by atoms with van der Waals surface area (Å²) in [5, 5.41) is 1.14. The van der Waals surface area contributed by atoms with Crippen LogP contribution in [0.5, 0.6) is 0 Å². The number of nitrogens with one attached hydrogen (secondary N) is 1. The van der Waals surface area contributed by atoms with Crippen LogP contribution < -0.4 is 0 Å². The minimum atomic E-state index is 0.866. The number of para-hydroxylation sites is 1. The molecular formula is C20H22N4. The number of aromatic nitrogens is 3. The Labute approximate surface area is 141 Å². The van der Waals surface area contributed by atoms with Crippen LogP contribution in [-0.2, 0) is 6.42 Å². The highest BCUT2D eigenvalue weighted by molar-refractivity contribution is 6.05. The average Bonchev–Trinajstić information content (AvgIpc) is 2.91. The van der Waals surface area contributed by atoms with Crippen molar-refractivity contribution >= 4 is 33.1 Å². The van der Waals surface area contributed by atoms with Gasteiger partial charge in [0.2, 0.25) is 0 Å². The first-order valence-corrected chi connectivity index (χ1v) is 8.36. The van der Waals surface area contributed by atoms with Gasteiger partial charge in [-0.15, -0.1) is 0 Å². The summed E-state index contributed by atoms with van der Waals surface area (Å²) in [5.74, 6) is 0. The zero-order valence-corrected chi connectivity index (χ0v) is 14.6. The minimum absolute atomic E-state index is 0.866. The summed E-state index contributed by atoms with van der Waals surface area (Å²) in [7, 11) is 4.22. The first-order chi connectivity index (χ1) is 11.5. The van der Waals surface area contributed by atoms with E-state index >= 15 is 0 Å². The second kappa shape index (κ2) is 5.56. The smallest absolute Gasteiger partial charge is 0.157 e. The molecule has 0 amide bonds. The van der Waals surface area contributed by atoms with Gasteiger partial charge in [-0.3, -0.25) is 0 Å². The second-order valence-electron chi connectivity index (χ2n) is 6.81. The van der Waals surface area contributed by atoms with Gasteiger partial charge in [-0.1, -0.05) is 18.2 Å². The van der Waals surface area contributed by atoms with Crippen molar-refractivity contribution in [3.63, 3.8) is 0 Å². The van der Waals surface area contributed by atoms with Crippen LogP contribution in [0.2, 0.25) is 0 Å². The van der Waals surface area contributed by atoms with Crippen molar-refractivity contribution < 1.29 is 0 Å². The molecule has 0 aliphatic rings. The molecule has 4 rings (SSSR count). The van der Waals surface area contributed by atoms with E-state index in [4.69, 9.17) is 9.97 Å². The zero-order valence-electron chi connectivity index (χ0n) is 14.6. The summed E-state index contributed by atoms with van der Waals surface area (Å²) < 4.78 is 0. The van der Waals surface area contributed by atoms with Crippen LogP contribution in [0.1, 0.15) is 16.7 Å². The number of hydrogen-bond donors (Lipinski definition) is 1. The molecule has 0 saturated heterocycles. The first-order valence-electron chi connectivity index (χ1n) is 8.36. The molecule has 24 heavy (non-hydrogen) atoms. The molecule has 0 aliphatic carbocycles. The lowest BCUT2D eigenvalue weighted by atomic mass is 9.98. The number of rotatable bonds is 3. The maximum atomic E-state index is 5.03. The van der Waals surface area contributed by atoms with Crippen molar-refractivity contribution in [2.75, 3.05) is 20.6 Å². The number of nitrogens with zero attached hydrogens (tertiary/aromatic N) is 3. The topological polar surface area (TPSA) is 44.8 Å². The highest BCUT2D eigenvalue weighted by Crippen LogP contribution is 2.28. The van der Waals surface area contributed by atoms with Crippen molar-refractivity contribution in [3.8, 4) is 0 Å². The molecule has 1 N–H and O–H groups in total. The third-order valence-corrected chi connectivity index (χ3v) is 4.85. The van der Waals surface area contributed by atoms with Crippen LogP contribution in [0.25, 0.3) is 33.1 Å². The van der Waals surface area contributed by atoms with Gasteiger partial charge in [0.05, 0.1) is 11.0 Å². The Bertz CT molecular complexity index is 1060. The van der Waals surface area contributed by atoms with Crippen LogP contribution in [0.3, 0.4) is 0 Å². The third-order valence-electron chi connectivity index (χ3n) is 4.85. The molecule has 0 atom stereocenters. The van der Waals surface area contributed by atoms with E-state index in [1.807, 2.05) is 6.07 Å². The molecule has 122 valence electrons. The Hall–Kier alpha value is -2.46. The van der Waals surface area contributed by atoms with Crippen molar-refractivity contribution in [1.29, 1.82) is 0 Å². The number of aromatic amines is 1. The molecule has 2 aromatic heterocycles. The first kappa shape index (κ1) is 15.1. The predicted molar refractivity (Wildman–Crippen MR) is 101 cm³/mol. The van der Waals surface area contributed by atoms with Gasteiger partial charge in [0.15, 0.2) is 5.65 Å². The number of benzene rings is 2. The van der Waals surface area contributed by atoms with E-state index in [-0.39, 0.29) is 0 Å². The molecule has 2 aromatic carbocycles. The van der Waals surface area contributed by atoms with E-state index in [0.717, 1.165) is 46.1 Å². The SMILES string of the molecule is Cc1cc2nc3[nH]c4ccccc4c3nc2c(CCN(C)C)c1C. The molecule has 2 heterocycles. The quantitative estimate of drug-likeness (QED) is 0.621. The number of likely N-dealkylation sites (N-methyl/N-ethyl adjacent to an activating group) is 1. The Morgan fingerprint density at radius 3 is 2.62 bits per heavy atom. The number of fused-ring (bicyclic) bond motifs is 4. The third kappa shape index (κ3) is 2.34. The highest BCUT2D eigenvalue weighted by atomic mass is 15.0. The zero-order chi connectivity index (χ0) is 16.8. The van der Waals surface area contributed by atoms with E-state index < -0.39 is 0 Å². The molecule has 0 unspecified atom stereocenters. The normalized spacial score (nSPS) is 12.0. The van der Waals surface area contributed by atoms with E-state index in [1.165, 1.54) is 16.7 Å². The Morgan fingerprint density at radius 2 is 1.83 bits per heavy atom. The fourth-order valence-electron chi connectivity index (χ4n) is 3.34. The van der Waals surface area contributed by atoms with Crippen molar-refractivity contribution in [3.05, 3.63) is 47.0 Å². The Balaban J connectivity index is 2.04. The maximum absolute atomic E-state index is 5.03. The lowest BCUT2D eigenvalue weighted by Crippen LogP contribution is -2.16. The van der Waals surface area contributed by atoms with Crippen molar-refractivity contribution in [2.24, 2.45) is 0 Å². The lowest BCUT2D eigenvalue weighted by Gasteiger charge is -2.15. The minimum Gasteiger partial charge on any atom is -0.338 e. The summed E-state index contributed by atoms with van der Waals surface area (Å²) in [5.41, 5.74) is 8.87. The molecule has 0 fully saturated rings. The lowest BCUT2D eigenvalue weighted by molar-refractivity contribution is 0.414. The molecule has 0 bridgehead atoms.